The Morgan fingerprint density at radius 3 is 2.00 bits per heavy atom. The Morgan fingerprint density at radius 2 is 2.00 bits per heavy atom. The summed E-state index contributed by atoms with van der Waals surface area (Å²) in [5, 5.41) is 0. The summed E-state index contributed by atoms with van der Waals surface area (Å²) in [6.45, 7) is 0. The highest BCUT2D eigenvalue weighted by Gasteiger charge is 1.84. The molecule has 0 radical (unpaired) electrons. The van der Waals surface area contributed by atoms with Crippen LogP contribution in [0.5, 0.6) is 0 Å². The van der Waals surface area contributed by atoms with Gasteiger partial charge in [-0.15, -0.1) is 0 Å². The van der Waals surface area contributed by atoms with E-state index in [0.717, 1.165) is 5.67 Å². The van der Waals surface area contributed by atoms with Crippen molar-refractivity contribution in [1.29, 1.82) is 0 Å². The highest BCUT2D eigenvalue weighted by molar-refractivity contribution is 6.57. The zero-order valence-electron chi connectivity index (χ0n) is 2.74. The van der Waals surface area contributed by atoms with Crippen LogP contribution in [0.3, 0.4) is 0 Å². The second-order valence-corrected chi connectivity index (χ2v) is 1.77. The minimum atomic E-state index is -0.720. The summed E-state index contributed by atoms with van der Waals surface area (Å²) in [6, 6.07) is 0. The average Bonchev–Trinajstić information content (AvgIpc) is 1.35. The molecule has 0 atom stereocenters. The Bertz CT molecular complexity index is 50.8. The third-order valence-corrected chi connectivity index (χ3v) is 0.507. The normalized spacial score (nSPS) is 11.3. The number of aliphatic imine (C=N–C) groups is 1. The van der Waals surface area contributed by atoms with Crippen molar-refractivity contribution >= 4 is 40.5 Å². The zero-order chi connectivity index (χ0) is 4.99. The lowest BCUT2D eigenvalue weighted by molar-refractivity contribution is 1.29. The van der Waals surface area contributed by atoms with E-state index in [0.29, 0.717) is 0 Å². The van der Waals surface area contributed by atoms with E-state index in [4.69, 9.17) is 34.8 Å². The lowest BCUT2D eigenvalue weighted by atomic mass is 11.4. The minimum absolute atomic E-state index is 0.720. The number of alkyl halides is 2. The Kier molecular flexibility index (Phi) is 4.06. The molecule has 0 saturated heterocycles. The second kappa shape index (κ2) is 3.72. The molecule has 0 amide bonds. The highest BCUT2D eigenvalue weighted by atomic mass is 35.5. The van der Waals surface area contributed by atoms with Crippen LogP contribution in [0.25, 0.3) is 0 Å². The van der Waals surface area contributed by atoms with Crippen LogP contribution >= 0.6 is 34.8 Å². The molecule has 0 heterocycles. The number of hydrogen-bond acceptors (Lipinski definition) is 1. The van der Waals surface area contributed by atoms with Gasteiger partial charge in [0.05, 0.1) is 5.67 Å². The van der Waals surface area contributed by atoms with Gasteiger partial charge in [-0.1, -0.05) is 34.8 Å². The lowest BCUT2D eigenvalue weighted by Gasteiger charge is -1.81. The van der Waals surface area contributed by atoms with Gasteiger partial charge in [-0.05, 0) is 0 Å². The first-order chi connectivity index (χ1) is 2.77. The molecule has 1 nitrogen and oxygen atoms in total. The zero-order valence-corrected chi connectivity index (χ0v) is 5.00. The maximum Gasteiger partial charge on any atom is 0.198 e. The van der Waals surface area contributed by atoms with Gasteiger partial charge in [0.25, 0.3) is 0 Å². The summed E-state index contributed by atoms with van der Waals surface area (Å²) in [4.78, 5) is 2.58. The molecular weight excluding hydrogens is 144 g/mol. The fraction of sp³-hybridized carbons (Fsp3) is 0.500. The molecule has 0 saturated carbocycles. The van der Waals surface area contributed by atoms with E-state index in [2.05, 4.69) is 4.99 Å². The molecule has 4 heteroatoms. The molecule has 0 bridgehead atoms. The average molecular weight is 146 g/mol. The lowest BCUT2D eigenvalue weighted by Crippen LogP contribution is -1.73. The molecule has 0 aliphatic rings. The van der Waals surface area contributed by atoms with Crippen LogP contribution in [0, 0.1) is 0 Å². The predicted molar refractivity (Wildman–Crippen MR) is 29.8 cm³/mol. The SMILES string of the molecule is ClC=NC(Cl)Cl. The molecule has 0 spiro atoms. The number of nitrogens with zero attached hydrogens (tertiary/aromatic N) is 1. The molecule has 0 unspecified atom stereocenters. The maximum absolute atomic E-state index is 5.06. The van der Waals surface area contributed by atoms with Crippen molar-refractivity contribution in [2.75, 3.05) is 0 Å². The topological polar surface area (TPSA) is 12.4 Å². The largest absolute Gasteiger partial charge is 0.246 e. The van der Waals surface area contributed by atoms with E-state index in [1.54, 1.807) is 0 Å². The van der Waals surface area contributed by atoms with Gasteiger partial charge >= 0.3 is 0 Å². The molecule has 0 aliphatic carbocycles. The summed E-state index contributed by atoms with van der Waals surface area (Å²) >= 11 is 15.1. The van der Waals surface area contributed by atoms with Gasteiger partial charge < -0.3 is 0 Å². The Hall–Kier alpha value is 0.540. The summed E-state index contributed by atoms with van der Waals surface area (Å²) in [6.07, 6.45) is 0. The third kappa shape index (κ3) is 4.54. The van der Waals surface area contributed by atoms with Crippen LogP contribution in [-0.2, 0) is 0 Å². The molecule has 36 valence electrons. The van der Waals surface area contributed by atoms with Gasteiger partial charge in [0.1, 0.15) is 0 Å². The van der Waals surface area contributed by atoms with Crippen LogP contribution < -0.4 is 0 Å². The first-order valence-corrected chi connectivity index (χ1v) is 2.48. The van der Waals surface area contributed by atoms with E-state index in [-0.39, 0.29) is 0 Å². The van der Waals surface area contributed by atoms with E-state index < -0.39 is 4.96 Å². The Morgan fingerprint density at radius 1 is 1.50 bits per heavy atom. The Balaban J connectivity index is 3.03. The number of hydrogen-bond donors (Lipinski definition) is 0. The first kappa shape index (κ1) is 6.54. The van der Waals surface area contributed by atoms with Gasteiger partial charge in [0, 0.05) is 0 Å². The molecule has 0 aromatic heterocycles. The quantitative estimate of drug-likeness (QED) is 0.305. The molecular formula is C2H2Cl3N. The van der Waals surface area contributed by atoms with Crippen molar-refractivity contribution in [2.24, 2.45) is 4.99 Å². The summed E-state index contributed by atoms with van der Waals surface area (Å²) in [5.41, 5.74) is 1.03. The smallest absolute Gasteiger partial charge is 0.198 e. The van der Waals surface area contributed by atoms with Crippen LogP contribution in [0.1, 0.15) is 0 Å². The van der Waals surface area contributed by atoms with Gasteiger partial charge in [0.2, 0.25) is 0 Å². The van der Waals surface area contributed by atoms with Gasteiger partial charge in [-0.3, -0.25) is 0 Å². The summed E-state index contributed by atoms with van der Waals surface area (Å²) in [5.74, 6) is 0. The van der Waals surface area contributed by atoms with Crippen molar-refractivity contribution in [3.8, 4) is 0 Å². The minimum Gasteiger partial charge on any atom is -0.246 e. The van der Waals surface area contributed by atoms with Gasteiger partial charge in [-0.25, -0.2) is 4.99 Å². The maximum atomic E-state index is 5.06. The standard InChI is InChI=1S/C2H2Cl3N/c3-1-6-2(4)5/h1-2H. The van der Waals surface area contributed by atoms with Crippen molar-refractivity contribution in [2.45, 2.75) is 4.96 Å². The fourth-order valence-electron chi connectivity index (χ4n) is 0.0426. The molecule has 0 N–H and O–H groups in total. The molecule has 0 aromatic carbocycles. The van der Waals surface area contributed by atoms with Crippen LogP contribution in [0.2, 0.25) is 0 Å². The fourth-order valence-corrected chi connectivity index (χ4v) is 0.383. The number of rotatable bonds is 1. The molecule has 0 aliphatic heterocycles. The molecule has 0 fully saturated rings. The first-order valence-electron chi connectivity index (χ1n) is 1.17. The number of halogens is 3. The highest BCUT2D eigenvalue weighted by Crippen LogP contribution is 2.00. The molecule has 0 rings (SSSR count). The monoisotopic (exact) mass is 145 g/mol. The van der Waals surface area contributed by atoms with E-state index in [1.807, 2.05) is 0 Å². The van der Waals surface area contributed by atoms with Crippen LogP contribution in [0.4, 0.5) is 0 Å². The van der Waals surface area contributed by atoms with E-state index in [1.165, 1.54) is 0 Å². The Labute approximate surface area is 50.9 Å². The predicted octanol–water partition coefficient (Wildman–Crippen LogP) is 2.01. The molecule has 0 aromatic rings. The third-order valence-electron chi connectivity index (χ3n) is 0.169. The van der Waals surface area contributed by atoms with Crippen LogP contribution in [-0.4, -0.2) is 10.6 Å². The van der Waals surface area contributed by atoms with Crippen molar-refractivity contribution in [3.63, 3.8) is 0 Å². The van der Waals surface area contributed by atoms with Crippen molar-refractivity contribution in [1.82, 2.24) is 0 Å². The summed E-state index contributed by atoms with van der Waals surface area (Å²) in [7, 11) is 0. The van der Waals surface area contributed by atoms with E-state index in [9.17, 15) is 0 Å². The second-order valence-electron chi connectivity index (χ2n) is 0.524. The van der Waals surface area contributed by atoms with Gasteiger partial charge in [0.15, 0.2) is 4.96 Å². The summed E-state index contributed by atoms with van der Waals surface area (Å²) < 4.78 is 0. The van der Waals surface area contributed by atoms with Gasteiger partial charge in [-0.2, -0.15) is 0 Å². The van der Waals surface area contributed by atoms with Crippen LogP contribution in [0.15, 0.2) is 4.99 Å². The van der Waals surface area contributed by atoms with Crippen molar-refractivity contribution in [3.05, 3.63) is 0 Å². The van der Waals surface area contributed by atoms with E-state index >= 15 is 0 Å². The van der Waals surface area contributed by atoms with Crippen molar-refractivity contribution < 1.29 is 0 Å². The molecule has 6 heavy (non-hydrogen) atoms.